The predicted molar refractivity (Wildman–Crippen MR) is 57.4 cm³/mol. The SMILES string of the molecule is CCOC(=O)CC(=O)C1(C)CCCCC1. The van der Waals surface area contributed by atoms with E-state index in [9.17, 15) is 9.59 Å². The molecule has 1 fully saturated rings. The Morgan fingerprint density at radius 1 is 1.20 bits per heavy atom. The monoisotopic (exact) mass is 212 g/mol. The maximum atomic E-state index is 11.9. The summed E-state index contributed by atoms with van der Waals surface area (Å²) in [4.78, 5) is 23.1. The topological polar surface area (TPSA) is 43.4 Å². The van der Waals surface area contributed by atoms with Crippen molar-refractivity contribution < 1.29 is 14.3 Å². The molecule has 0 unspecified atom stereocenters. The first kappa shape index (κ1) is 12.2. The third-order valence-electron chi connectivity index (χ3n) is 3.24. The number of hydrogen-bond acceptors (Lipinski definition) is 3. The molecule has 1 aliphatic rings. The molecule has 0 saturated heterocycles. The van der Waals surface area contributed by atoms with Crippen molar-refractivity contribution in [3.05, 3.63) is 0 Å². The van der Waals surface area contributed by atoms with Gasteiger partial charge in [0.2, 0.25) is 0 Å². The van der Waals surface area contributed by atoms with Crippen molar-refractivity contribution in [2.75, 3.05) is 6.61 Å². The molecule has 15 heavy (non-hydrogen) atoms. The maximum absolute atomic E-state index is 11.9. The van der Waals surface area contributed by atoms with Gasteiger partial charge in [0.15, 0.2) is 0 Å². The van der Waals surface area contributed by atoms with Crippen molar-refractivity contribution in [2.24, 2.45) is 5.41 Å². The van der Waals surface area contributed by atoms with Gasteiger partial charge in [0.25, 0.3) is 0 Å². The Hall–Kier alpha value is -0.860. The van der Waals surface area contributed by atoms with E-state index in [1.165, 1.54) is 6.42 Å². The lowest BCUT2D eigenvalue weighted by Crippen LogP contribution is -2.32. The highest BCUT2D eigenvalue weighted by Gasteiger charge is 2.35. The molecular formula is C12H20O3. The van der Waals surface area contributed by atoms with E-state index in [-0.39, 0.29) is 23.6 Å². The minimum Gasteiger partial charge on any atom is -0.466 e. The Bertz CT molecular complexity index is 239. The molecule has 0 N–H and O–H groups in total. The molecule has 0 aromatic rings. The highest BCUT2D eigenvalue weighted by Crippen LogP contribution is 2.37. The van der Waals surface area contributed by atoms with Crippen LogP contribution < -0.4 is 0 Å². The fraction of sp³-hybridized carbons (Fsp3) is 0.833. The van der Waals surface area contributed by atoms with E-state index in [4.69, 9.17) is 4.74 Å². The molecule has 0 aliphatic heterocycles. The van der Waals surface area contributed by atoms with Crippen molar-refractivity contribution in [3.8, 4) is 0 Å². The van der Waals surface area contributed by atoms with E-state index in [1.807, 2.05) is 6.92 Å². The molecule has 3 nitrogen and oxygen atoms in total. The summed E-state index contributed by atoms with van der Waals surface area (Å²) in [7, 11) is 0. The molecule has 0 radical (unpaired) electrons. The highest BCUT2D eigenvalue weighted by atomic mass is 16.5. The van der Waals surface area contributed by atoms with E-state index < -0.39 is 0 Å². The summed E-state index contributed by atoms with van der Waals surface area (Å²) in [5, 5.41) is 0. The van der Waals surface area contributed by atoms with Gasteiger partial charge in [0.1, 0.15) is 12.2 Å². The lowest BCUT2D eigenvalue weighted by Gasteiger charge is -2.31. The lowest BCUT2D eigenvalue weighted by molar-refractivity contribution is -0.148. The number of carbonyl (C=O) groups excluding carboxylic acids is 2. The van der Waals surface area contributed by atoms with Crippen LogP contribution >= 0.6 is 0 Å². The Labute approximate surface area is 91.2 Å². The molecule has 1 saturated carbocycles. The van der Waals surface area contributed by atoms with Gasteiger partial charge in [-0.2, -0.15) is 0 Å². The van der Waals surface area contributed by atoms with Gasteiger partial charge in [-0.3, -0.25) is 9.59 Å². The van der Waals surface area contributed by atoms with Crippen LogP contribution in [0.1, 0.15) is 52.4 Å². The normalized spacial score (nSPS) is 19.6. The average Bonchev–Trinajstić information content (AvgIpc) is 2.19. The Balaban J connectivity index is 2.47. The zero-order valence-corrected chi connectivity index (χ0v) is 9.67. The number of Topliss-reactive ketones (excluding diaryl/α,β-unsaturated/α-hetero) is 1. The smallest absolute Gasteiger partial charge is 0.313 e. The highest BCUT2D eigenvalue weighted by molar-refractivity contribution is 5.98. The van der Waals surface area contributed by atoms with Crippen molar-refractivity contribution in [1.29, 1.82) is 0 Å². The van der Waals surface area contributed by atoms with E-state index in [2.05, 4.69) is 0 Å². The third kappa shape index (κ3) is 3.33. The van der Waals surface area contributed by atoms with Gasteiger partial charge in [-0.05, 0) is 19.8 Å². The second-order valence-corrected chi connectivity index (χ2v) is 4.53. The molecule has 0 heterocycles. The first-order valence-electron chi connectivity index (χ1n) is 5.77. The minimum atomic E-state index is -0.380. The van der Waals surface area contributed by atoms with Gasteiger partial charge >= 0.3 is 5.97 Å². The molecule has 0 aromatic carbocycles. The van der Waals surface area contributed by atoms with Gasteiger partial charge in [0.05, 0.1) is 6.61 Å². The molecule has 0 bridgehead atoms. The van der Waals surface area contributed by atoms with E-state index in [1.54, 1.807) is 6.92 Å². The van der Waals surface area contributed by atoms with Crippen molar-refractivity contribution in [3.63, 3.8) is 0 Å². The molecule has 1 rings (SSSR count). The van der Waals surface area contributed by atoms with Crippen LogP contribution in [0.3, 0.4) is 0 Å². The molecular weight excluding hydrogens is 192 g/mol. The third-order valence-corrected chi connectivity index (χ3v) is 3.24. The molecule has 1 aliphatic carbocycles. The van der Waals surface area contributed by atoms with Crippen LogP contribution in [-0.2, 0) is 14.3 Å². The molecule has 86 valence electrons. The number of esters is 1. The summed E-state index contributed by atoms with van der Waals surface area (Å²) >= 11 is 0. The first-order chi connectivity index (χ1) is 7.08. The summed E-state index contributed by atoms with van der Waals surface area (Å²) < 4.78 is 4.79. The van der Waals surface area contributed by atoms with Crippen molar-refractivity contribution in [2.45, 2.75) is 52.4 Å². The molecule has 0 amide bonds. The molecule has 0 spiro atoms. The predicted octanol–water partition coefficient (Wildman–Crippen LogP) is 2.48. The standard InChI is InChI=1S/C12H20O3/c1-3-15-11(14)9-10(13)12(2)7-5-4-6-8-12/h3-9H2,1-2H3. The van der Waals surface area contributed by atoms with Gasteiger partial charge in [-0.15, -0.1) is 0 Å². The summed E-state index contributed by atoms with van der Waals surface area (Å²) in [6.07, 6.45) is 5.21. The second kappa shape index (κ2) is 5.29. The molecule has 0 aromatic heterocycles. The van der Waals surface area contributed by atoms with Crippen LogP contribution in [0.4, 0.5) is 0 Å². The van der Waals surface area contributed by atoms with Crippen LogP contribution in [0.5, 0.6) is 0 Å². The minimum absolute atomic E-state index is 0.0513. The number of rotatable bonds is 4. The summed E-state index contributed by atoms with van der Waals surface area (Å²) in [5.41, 5.74) is -0.273. The van der Waals surface area contributed by atoms with E-state index in [0.717, 1.165) is 25.7 Å². The average molecular weight is 212 g/mol. The van der Waals surface area contributed by atoms with Crippen LogP contribution in [-0.4, -0.2) is 18.4 Å². The van der Waals surface area contributed by atoms with Crippen molar-refractivity contribution >= 4 is 11.8 Å². The Morgan fingerprint density at radius 3 is 2.33 bits per heavy atom. The summed E-state index contributed by atoms with van der Waals surface area (Å²) in [5.74, 6) is -0.324. The van der Waals surface area contributed by atoms with Crippen molar-refractivity contribution in [1.82, 2.24) is 0 Å². The number of ketones is 1. The van der Waals surface area contributed by atoms with Gasteiger partial charge in [0, 0.05) is 5.41 Å². The summed E-state index contributed by atoms with van der Waals surface area (Å²) in [6, 6.07) is 0. The second-order valence-electron chi connectivity index (χ2n) is 4.53. The lowest BCUT2D eigenvalue weighted by atomic mass is 9.72. The Kier molecular flexibility index (Phi) is 4.30. The van der Waals surface area contributed by atoms with E-state index >= 15 is 0 Å². The van der Waals surface area contributed by atoms with E-state index in [0.29, 0.717) is 6.61 Å². The fourth-order valence-electron chi connectivity index (χ4n) is 2.17. The number of hydrogen-bond donors (Lipinski definition) is 0. The zero-order chi connectivity index (χ0) is 11.3. The molecule has 3 heteroatoms. The zero-order valence-electron chi connectivity index (χ0n) is 9.67. The molecule has 0 atom stereocenters. The number of ether oxygens (including phenoxy) is 1. The maximum Gasteiger partial charge on any atom is 0.313 e. The van der Waals surface area contributed by atoms with Crippen LogP contribution in [0.15, 0.2) is 0 Å². The quantitative estimate of drug-likeness (QED) is 0.531. The summed E-state index contributed by atoms with van der Waals surface area (Å²) in [6.45, 7) is 4.08. The Morgan fingerprint density at radius 2 is 1.80 bits per heavy atom. The number of carbonyl (C=O) groups is 2. The van der Waals surface area contributed by atoms with Gasteiger partial charge in [-0.25, -0.2) is 0 Å². The largest absolute Gasteiger partial charge is 0.466 e. The van der Waals surface area contributed by atoms with Gasteiger partial charge < -0.3 is 4.74 Å². The fourth-order valence-corrected chi connectivity index (χ4v) is 2.17. The van der Waals surface area contributed by atoms with Gasteiger partial charge in [-0.1, -0.05) is 26.2 Å². The van der Waals surface area contributed by atoms with Crippen LogP contribution in [0.2, 0.25) is 0 Å². The van der Waals surface area contributed by atoms with Crippen LogP contribution in [0, 0.1) is 5.41 Å². The van der Waals surface area contributed by atoms with Crippen LogP contribution in [0.25, 0.3) is 0 Å². The first-order valence-corrected chi connectivity index (χ1v) is 5.77.